The second-order valence-corrected chi connectivity index (χ2v) is 8.21. The summed E-state index contributed by atoms with van der Waals surface area (Å²) in [6.45, 7) is 2.01. The maximum absolute atomic E-state index is 11.0. The molecule has 0 saturated carbocycles. The number of aromatic nitrogens is 2. The van der Waals surface area contributed by atoms with Gasteiger partial charge in [0.15, 0.2) is 11.6 Å². The summed E-state index contributed by atoms with van der Waals surface area (Å²) in [5.41, 5.74) is 3.51. The molecule has 30 heavy (non-hydrogen) atoms. The highest BCUT2D eigenvalue weighted by Crippen LogP contribution is 2.32. The zero-order chi connectivity index (χ0) is 21.1. The summed E-state index contributed by atoms with van der Waals surface area (Å²) in [7, 11) is 0. The Hall–Kier alpha value is -3.17. The van der Waals surface area contributed by atoms with Gasteiger partial charge in [-0.1, -0.05) is 24.3 Å². The van der Waals surface area contributed by atoms with Crippen LogP contribution in [0.5, 0.6) is 0 Å². The molecule has 9 heteroatoms. The summed E-state index contributed by atoms with van der Waals surface area (Å²) in [5, 5.41) is 14.4. The molecule has 0 bridgehead atoms. The van der Waals surface area contributed by atoms with Crippen LogP contribution in [0.2, 0.25) is 0 Å². The van der Waals surface area contributed by atoms with Gasteiger partial charge in [0.05, 0.1) is 21.6 Å². The Morgan fingerprint density at radius 3 is 2.43 bits per heavy atom. The maximum Gasteiger partial charge on any atom is 0.270 e. The van der Waals surface area contributed by atoms with Crippen molar-refractivity contribution in [1.29, 1.82) is 0 Å². The van der Waals surface area contributed by atoms with Gasteiger partial charge in [-0.2, -0.15) is 0 Å². The lowest BCUT2D eigenvalue weighted by atomic mass is 10.2. The number of nitro groups is 1. The highest BCUT2D eigenvalue weighted by Gasteiger charge is 2.13. The van der Waals surface area contributed by atoms with Crippen molar-refractivity contribution in [3.8, 4) is 0 Å². The van der Waals surface area contributed by atoms with E-state index in [4.69, 9.17) is 4.98 Å². The van der Waals surface area contributed by atoms with Crippen LogP contribution in [0.3, 0.4) is 0 Å². The first-order valence-corrected chi connectivity index (χ1v) is 10.6. The van der Waals surface area contributed by atoms with Crippen molar-refractivity contribution in [2.75, 3.05) is 10.0 Å². The smallest absolute Gasteiger partial charge is 0.270 e. The Balaban J connectivity index is 1.68. The van der Waals surface area contributed by atoms with E-state index < -0.39 is 4.92 Å². The van der Waals surface area contributed by atoms with E-state index in [2.05, 4.69) is 31.0 Å². The molecule has 3 aromatic carbocycles. The second kappa shape index (κ2) is 8.68. The summed E-state index contributed by atoms with van der Waals surface area (Å²) in [4.78, 5) is 20.7. The molecule has 2 N–H and O–H groups in total. The fourth-order valence-corrected chi connectivity index (χ4v) is 3.82. The molecule has 0 spiro atoms. The number of non-ortho nitro benzene ring substituents is 1. The minimum atomic E-state index is -0.415. The molecule has 0 aliphatic heterocycles. The van der Waals surface area contributed by atoms with Crippen molar-refractivity contribution < 1.29 is 4.92 Å². The Morgan fingerprint density at radius 2 is 1.70 bits per heavy atom. The van der Waals surface area contributed by atoms with Crippen molar-refractivity contribution in [3.05, 3.63) is 86.9 Å². The van der Waals surface area contributed by atoms with Crippen molar-refractivity contribution in [2.45, 2.75) is 11.8 Å². The van der Waals surface area contributed by atoms with Gasteiger partial charge in [0, 0.05) is 21.5 Å². The van der Waals surface area contributed by atoms with E-state index in [1.54, 1.807) is 12.1 Å². The van der Waals surface area contributed by atoms with Crippen LogP contribution in [0.4, 0.5) is 23.0 Å². The van der Waals surface area contributed by atoms with Gasteiger partial charge < -0.3 is 10.0 Å². The zero-order valence-corrected chi connectivity index (χ0v) is 18.2. The quantitative estimate of drug-likeness (QED) is 0.185. The number of para-hydroxylation sites is 2. The number of nitrogens with zero attached hydrogens (tertiary/aromatic N) is 3. The standard InChI is InChI=1S/C21H16BrN5O2S/c1-13-9-10-16(22)19(11-13)25-20-21(24-18-8-3-2-7-17(18)23-20)26-30-15-6-4-5-14(12-15)27(28)29/h2-12H,1H3,(H,23,25)(H,24,26). The average Bonchev–Trinajstić information content (AvgIpc) is 2.75. The molecule has 4 rings (SSSR count). The highest BCUT2D eigenvalue weighted by atomic mass is 79.9. The molecule has 0 aliphatic carbocycles. The first-order chi connectivity index (χ1) is 14.5. The molecule has 0 fully saturated rings. The third-order valence-electron chi connectivity index (χ3n) is 4.24. The highest BCUT2D eigenvalue weighted by molar-refractivity contribution is 9.10. The van der Waals surface area contributed by atoms with Gasteiger partial charge in [-0.3, -0.25) is 10.1 Å². The molecule has 1 heterocycles. The van der Waals surface area contributed by atoms with Gasteiger partial charge in [-0.25, -0.2) is 9.97 Å². The summed E-state index contributed by atoms with van der Waals surface area (Å²) in [6, 6.07) is 20.0. The number of halogens is 1. The van der Waals surface area contributed by atoms with Gasteiger partial charge in [0.2, 0.25) is 0 Å². The first-order valence-electron chi connectivity index (χ1n) is 8.97. The van der Waals surface area contributed by atoms with Crippen molar-refractivity contribution in [2.24, 2.45) is 0 Å². The van der Waals surface area contributed by atoms with Gasteiger partial charge in [0.25, 0.3) is 5.69 Å². The molecule has 0 unspecified atom stereocenters. The number of anilines is 3. The number of hydrogen-bond donors (Lipinski definition) is 2. The lowest BCUT2D eigenvalue weighted by molar-refractivity contribution is -0.385. The number of benzene rings is 3. The van der Waals surface area contributed by atoms with E-state index >= 15 is 0 Å². The molecule has 0 atom stereocenters. The molecule has 1 aromatic heterocycles. The monoisotopic (exact) mass is 481 g/mol. The lowest BCUT2D eigenvalue weighted by Crippen LogP contribution is -2.03. The fourth-order valence-electron chi connectivity index (χ4n) is 2.79. The predicted octanol–water partition coefficient (Wildman–Crippen LogP) is 6.47. The predicted molar refractivity (Wildman–Crippen MR) is 124 cm³/mol. The normalized spacial score (nSPS) is 10.7. The third kappa shape index (κ3) is 4.52. The number of rotatable bonds is 6. The van der Waals surface area contributed by atoms with Crippen LogP contribution in [-0.4, -0.2) is 14.9 Å². The second-order valence-electron chi connectivity index (χ2n) is 6.48. The molecule has 0 saturated heterocycles. The van der Waals surface area contributed by atoms with Crippen LogP contribution in [0.15, 0.2) is 76.1 Å². The van der Waals surface area contributed by atoms with Crippen LogP contribution in [-0.2, 0) is 0 Å². The molecule has 0 aliphatic rings. The number of aryl methyl sites for hydroxylation is 1. The molecule has 7 nitrogen and oxygen atoms in total. The van der Waals surface area contributed by atoms with E-state index in [-0.39, 0.29) is 5.69 Å². The molecule has 0 amide bonds. The van der Waals surface area contributed by atoms with Crippen molar-refractivity contribution in [1.82, 2.24) is 9.97 Å². The Bertz CT molecular complexity index is 1250. The number of hydrogen-bond acceptors (Lipinski definition) is 7. The van der Waals surface area contributed by atoms with Crippen LogP contribution in [0, 0.1) is 17.0 Å². The largest absolute Gasteiger partial charge is 0.336 e. The van der Waals surface area contributed by atoms with E-state index in [1.165, 1.54) is 24.1 Å². The number of nitro benzene ring substituents is 1. The van der Waals surface area contributed by atoms with E-state index in [0.29, 0.717) is 16.5 Å². The summed E-state index contributed by atoms with van der Waals surface area (Å²) in [5.74, 6) is 1.08. The van der Waals surface area contributed by atoms with Crippen molar-refractivity contribution >= 4 is 61.9 Å². The minimum Gasteiger partial charge on any atom is -0.336 e. The van der Waals surface area contributed by atoms with Gasteiger partial charge in [0.1, 0.15) is 0 Å². The molecule has 4 aromatic rings. The number of nitrogens with one attached hydrogen (secondary N) is 2. The van der Waals surface area contributed by atoms with Crippen LogP contribution in [0.1, 0.15) is 5.56 Å². The van der Waals surface area contributed by atoms with Gasteiger partial charge >= 0.3 is 0 Å². The molecule has 150 valence electrons. The lowest BCUT2D eigenvalue weighted by Gasteiger charge is -2.14. The number of fused-ring (bicyclic) bond motifs is 1. The molecule has 0 radical (unpaired) electrons. The topological polar surface area (TPSA) is 93.0 Å². The maximum atomic E-state index is 11.0. The fraction of sp³-hybridized carbons (Fsp3) is 0.0476. The summed E-state index contributed by atoms with van der Waals surface area (Å²) in [6.07, 6.45) is 0. The molecular weight excluding hydrogens is 466 g/mol. The van der Waals surface area contributed by atoms with Gasteiger partial charge in [-0.05, 0) is 70.7 Å². The summed E-state index contributed by atoms with van der Waals surface area (Å²) < 4.78 is 4.09. The van der Waals surface area contributed by atoms with E-state index in [9.17, 15) is 10.1 Å². The Morgan fingerprint density at radius 1 is 0.967 bits per heavy atom. The minimum absolute atomic E-state index is 0.0356. The van der Waals surface area contributed by atoms with Crippen LogP contribution < -0.4 is 10.0 Å². The SMILES string of the molecule is Cc1ccc(Br)c(Nc2nc3ccccc3nc2NSc2cccc([N+](=O)[O-])c2)c1. The Kier molecular flexibility index (Phi) is 5.82. The van der Waals surface area contributed by atoms with Gasteiger partial charge in [-0.15, -0.1) is 0 Å². The summed E-state index contributed by atoms with van der Waals surface area (Å²) >= 11 is 4.80. The van der Waals surface area contributed by atoms with E-state index in [0.717, 1.165) is 26.8 Å². The van der Waals surface area contributed by atoms with Crippen LogP contribution >= 0.6 is 27.9 Å². The third-order valence-corrected chi connectivity index (χ3v) is 5.72. The Labute approximate surface area is 185 Å². The van der Waals surface area contributed by atoms with E-state index in [1.807, 2.05) is 49.4 Å². The zero-order valence-electron chi connectivity index (χ0n) is 15.8. The average molecular weight is 482 g/mol. The van der Waals surface area contributed by atoms with Crippen molar-refractivity contribution in [3.63, 3.8) is 0 Å². The van der Waals surface area contributed by atoms with Crippen LogP contribution in [0.25, 0.3) is 11.0 Å². The molecular formula is C21H16BrN5O2S. The first kappa shape index (κ1) is 20.1.